The Morgan fingerprint density at radius 2 is 0.835 bits per heavy atom. The Kier molecular flexibility index (Phi) is 31.6. The highest BCUT2D eigenvalue weighted by Crippen LogP contribution is 2.42. The topological polar surface area (TPSA) is 719 Å². The summed E-state index contributed by atoms with van der Waals surface area (Å²) in [6.45, 7) is -5.72. The number of carbonyl (C=O) groups is 6. The maximum absolute atomic E-state index is 13.7. The van der Waals surface area contributed by atoms with Crippen molar-refractivity contribution in [3.8, 4) is 0 Å². The second-order valence-corrected chi connectivity index (χ2v) is 25.4. The van der Waals surface area contributed by atoms with Gasteiger partial charge in [-0.2, -0.15) is 0 Å². The molecule has 0 spiro atoms. The second-order valence-electron chi connectivity index (χ2n) is 25.4. The first-order valence-electron chi connectivity index (χ1n) is 32.4. The van der Waals surface area contributed by atoms with E-state index in [1.165, 1.54) is 0 Å². The highest BCUT2D eigenvalue weighted by atomic mass is 16.8. The van der Waals surface area contributed by atoms with Crippen LogP contribution in [0.25, 0.3) is 0 Å². The van der Waals surface area contributed by atoms with Crippen molar-refractivity contribution in [3.63, 3.8) is 0 Å². The number of amides is 5. The van der Waals surface area contributed by atoms with Gasteiger partial charge in [-0.1, -0.05) is 0 Å². The van der Waals surface area contributed by atoms with E-state index in [2.05, 4.69) is 26.6 Å². The molecule has 46 nitrogen and oxygen atoms in total. The zero-order valence-corrected chi connectivity index (χ0v) is 55.5. The fourth-order valence-corrected chi connectivity index (χ4v) is 12.9. The van der Waals surface area contributed by atoms with Gasteiger partial charge >= 0.3 is 0 Å². The molecule has 7 saturated heterocycles. The van der Waals surface area contributed by atoms with E-state index in [0.29, 0.717) is 0 Å². The van der Waals surface area contributed by atoms with Crippen LogP contribution in [0.4, 0.5) is 0 Å². The van der Waals surface area contributed by atoms with Crippen molar-refractivity contribution in [1.29, 1.82) is 0 Å². The Balaban J connectivity index is 1.26. The van der Waals surface area contributed by atoms with Gasteiger partial charge in [0.2, 0.25) is 35.8 Å². The van der Waals surface area contributed by atoms with Crippen molar-refractivity contribution in [2.45, 2.75) is 260 Å². The van der Waals surface area contributed by atoms with E-state index in [-0.39, 0.29) is 6.41 Å². The molecule has 25 N–H and O–H groups in total. The molecule has 0 saturated carbocycles. The number of aliphatic carboxylic acids is 1. The number of aliphatic hydroxyl groups is 20. The number of hydrogen-bond donors (Lipinski definition) is 25. The van der Waals surface area contributed by atoms with Crippen LogP contribution in [-0.2, 0) is 95.1 Å². The van der Waals surface area contributed by atoms with Crippen LogP contribution in [0.1, 0.15) is 34.1 Å². The molecule has 594 valence electrons. The van der Waals surface area contributed by atoms with Crippen LogP contribution in [0.2, 0.25) is 0 Å². The molecule has 7 heterocycles. The molecule has 0 aliphatic carbocycles. The molecule has 0 aromatic carbocycles. The van der Waals surface area contributed by atoms with E-state index >= 15 is 0 Å². The van der Waals surface area contributed by atoms with E-state index in [4.69, 9.17) is 66.3 Å². The first kappa shape index (κ1) is 85.7. The number of carboxylic acids is 1. The number of ether oxygens (including phenoxy) is 14. The van der Waals surface area contributed by atoms with Gasteiger partial charge in [-0.15, -0.1) is 0 Å². The Morgan fingerprint density at radius 3 is 1.30 bits per heavy atom. The summed E-state index contributed by atoms with van der Waals surface area (Å²) in [5, 5.41) is 247. The maximum atomic E-state index is 13.7. The van der Waals surface area contributed by atoms with Crippen molar-refractivity contribution in [1.82, 2.24) is 26.6 Å². The van der Waals surface area contributed by atoms with Crippen LogP contribution in [0, 0.1) is 0 Å². The highest BCUT2D eigenvalue weighted by molar-refractivity contribution is 5.76. The van der Waals surface area contributed by atoms with Crippen molar-refractivity contribution in [2.24, 2.45) is 0 Å². The number of carboxylic acid groups (broad SMARTS) is 1. The van der Waals surface area contributed by atoms with Gasteiger partial charge in [0.25, 0.3) is 0 Å². The fourth-order valence-electron chi connectivity index (χ4n) is 12.9. The van der Waals surface area contributed by atoms with Crippen LogP contribution >= 0.6 is 0 Å². The third kappa shape index (κ3) is 19.7. The van der Waals surface area contributed by atoms with E-state index in [1.54, 1.807) is 0 Å². The number of rotatable bonds is 32. The lowest BCUT2D eigenvalue weighted by Crippen LogP contribution is -2.73. The summed E-state index contributed by atoms with van der Waals surface area (Å²) >= 11 is 0. The van der Waals surface area contributed by atoms with Crippen molar-refractivity contribution >= 4 is 36.0 Å². The molecule has 0 aromatic rings. The maximum Gasteiger partial charge on any atom is 0.217 e. The summed E-state index contributed by atoms with van der Waals surface area (Å²) in [6.07, 6.45) is -68.1. The number of hydrogen-bond acceptors (Lipinski definition) is 41. The van der Waals surface area contributed by atoms with Crippen LogP contribution in [-0.4, -0.2) is 424 Å². The van der Waals surface area contributed by atoms with Gasteiger partial charge in [-0.3, -0.25) is 24.0 Å². The van der Waals surface area contributed by atoms with Crippen LogP contribution in [0.5, 0.6) is 0 Å². The SMILES string of the molecule is CC(=O)N[C@H]1[C@@H](O[C@H]2[C@@H](O)[C@@H](CO)O[C@@H](O[C@H]3[C@@H](O)[C@@H](CO)O[C@@H](O[C@H]4[C@@H](O)[C@@H](CO)O[C@@H](O[C@@H]5[C@H](O[C@]6(C(=O)[O-])C[C@H](O)[C@@H](NC(C)=O)[C@H]([C@H](O)[C@H](O)CO)O6)[C@@H](O)[C@H](O[C@H]6[C@H](O)[C@@H](O)[C@H](OC[C@@H](CO)NC=O)O[C@@H]6CO)O[C@@H]5CO)[C@@H]4NC(C)=O)[C@@H]3O)[C@@H]2NC(C)=O)O[C@H](CO)[C@H](O)[C@@H]1O. The molecular weight excluding hydrogens is 1410 g/mol. The molecule has 7 rings (SSSR count). The number of nitrogens with one attached hydrogen (secondary N) is 5. The molecule has 0 radical (unpaired) electrons. The lowest BCUT2D eigenvalue weighted by Gasteiger charge is -2.54. The Morgan fingerprint density at radius 1 is 0.447 bits per heavy atom. The molecule has 0 bridgehead atoms. The quantitative estimate of drug-likeness (QED) is 0.0278. The predicted octanol–water partition coefficient (Wildman–Crippen LogP) is -18.7. The standard InChI is InChI=1S/C57H95N5O41/c1-16(72)59-29-21(76)5-57(56(88)89,102-47(29)33(78)22(77)7-64)103-49-42(87)55(97-43-27(12-69)95-53(40(85)39(43)84)90-14-20(6-63)58-15-71)96-28(13-70)44(49)98-51-32(62-19(4)75)46(36(81)25(10-67)92-51)100-54-41(86)48(37(82)26(11-68)94-54)101-52-31(61-18(3)74)45(35(80)24(9-66)93-52)99-50-30(60-17(2)73)38(83)34(79)23(8-65)91-50/h15,20-55,63-70,76-87H,5-14H2,1-4H3,(H,58,71)(H,59,72)(H,60,73)(H,61,74)(H,62,75)(H,88,89)/p-1/t20-,21+,22-,23-,24-,25-,26-,27-,28-,29-,30-,31-,32-,33-,34+,35+,36+,37+,38-,39-,40-,41-,42-,43-,44+,45-,46-,47-,48+,49-,50-,51+,52+,53-,54+,55+,57+/m1/s1. The minimum Gasteiger partial charge on any atom is -0.544 e. The molecular formula is C57H94N5O41-. The minimum absolute atomic E-state index is 0.212. The summed E-state index contributed by atoms with van der Waals surface area (Å²) in [5.41, 5.74) is 0. The third-order valence-electron chi connectivity index (χ3n) is 18.1. The van der Waals surface area contributed by atoms with Gasteiger partial charge in [-0.05, 0) is 0 Å². The van der Waals surface area contributed by atoms with Crippen LogP contribution in [0.15, 0.2) is 0 Å². The predicted molar refractivity (Wildman–Crippen MR) is 317 cm³/mol. The molecule has 103 heavy (non-hydrogen) atoms. The van der Waals surface area contributed by atoms with Gasteiger partial charge < -0.3 is 205 Å². The third-order valence-corrected chi connectivity index (χ3v) is 18.1. The Bertz CT molecular complexity index is 2730. The monoisotopic (exact) mass is 1500 g/mol. The molecule has 46 heteroatoms. The molecule has 7 aliphatic heterocycles. The highest BCUT2D eigenvalue weighted by Gasteiger charge is 2.62. The first-order chi connectivity index (χ1) is 48.7. The van der Waals surface area contributed by atoms with E-state index in [1.807, 2.05) is 0 Å². The van der Waals surface area contributed by atoms with Gasteiger partial charge in [0.15, 0.2) is 37.7 Å². The zero-order chi connectivity index (χ0) is 76.4. The summed E-state index contributed by atoms with van der Waals surface area (Å²) < 4.78 is 82.9. The second kappa shape index (κ2) is 38.0. The molecule has 7 fully saturated rings. The van der Waals surface area contributed by atoms with E-state index in [0.717, 1.165) is 27.7 Å². The Hall–Kier alpha value is -4.54. The molecule has 0 aromatic heterocycles. The van der Waals surface area contributed by atoms with Crippen LogP contribution in [0.3, 0.4) is 0 Å². The van der Waals surface area contributed by atoms with Crippen LogP contribution < -0.4 is 31.7 Å². The molecule has 0 unspecified atom stereocenters. The average Bonchev–Trinajstić information content (AvgIpc) is 0.750. The Labute approximate surface area is 583 Å². The smallest absolute Gasteiger partial charge is 0.217 e. The van der Waals surface area contributed by atoms with Crippen molar-refractivity contribution in [3.05, 3.63) is 0 Å². The number of carbonyl (C=O) groups excluding carboxylic acids is 6. The first-order valence-corrected chi connectivity index (χ1v) is 32.4. The summed E-state index contributed by atoms with van der Waals surface area (Å²) in [4.78, 5) is 75.9. The average molecular weight is 1510 g/mol. The van der Waals surface area contributed by atoms with Gasteiger partial charge in [-0.25, -0.2) is 0 Å². The molecule has 37 atom stereocenters. The van der Waals surface area contributed by atoms with Crippen molar-refractivity contribution in [2.75, 3.05) is 59.5 Å². The molecule has 5 amide bonds. The summed E-state index contributed by atoms with van der Waals surface area (Å²) in [5.74, 6) is -9.81. The van der Waals surface area contributed by atoms with Gasteiger partial charge in [0, 0.05) is 34.1 Å². The van der Waals surface area contributed by atoms with Gasteiger partial charge in [0.05, 0.1) is 77.6 Å². The zero-order valence-electron chi connectivity index (χ0n) is 55.5. The summed E-state index contributed by atoms with van der Waals surface area (Å²) in [7, 11) is 0. The van der Waals surface area contributed by atoms with Crippen molar-refractivity contribution < 1.29 is 202 Å². The minimum atomic E-state index is -3.59. The molecule has 7 aliphatic rings. The van der Waals surface area contributed by atoms with E-state index in [9.17, 15) is 136 Å². The fraction of sp³-hybridized carbons (Fsp3) is 0.895. The largest absolute Gasteiger partial charge is 0.544 e. The number of aliphatic hydroxyl groups excluding tert-OH is 20. The lowest BCUT2D eigenvalue weighted by molar-refractivity contribution is -0.421. The van der Waals surface area contributed by atoms with Gasteiger partial charge in [0.1, 0.15) is 171 Å². The van der Waals surface area contributed by atoms with E-state index < -0.39 is 322 Å². The summed E-state index contributed by atoms with van der Waals surface area (Å²) in [6, 6.07) is -8.63. The lowest BCUT2D eigenvalue weighted by atomic mass is 9.88. The normalized spacial score (nSPS) is 43.9.